The Labute approximate surface area is 182 Å². The molecule has 0 saturated heterocycles. The summed E-state index contributed by atoms with van der Waals surface area (Å²) in [5, 5.41) is 14.8. The predicted molar refractivity (Wildman–Crippen MR) is 113 cm³/mol. The highest BCUT2D eigenvalue weighted by Gasteiger charge is 2.32. The number of rotatable bonds is 6. The van der Waals surface area contributed by atoms with Gasteiger partial charge in [-0.05, 0) is 18.6 Å². The lowest BCUT2D eigenvalue weighted by Gasteiger charge is -2.38. The molecule has 1 aromatic heterocycles. The fourth-order valence-corrected chi connectivity index (χ4v) is 3.37. The molecule has 0 radical (unpaired) electrons. The summed E-state index contributed by atoms with van der Waals surface area (Å²) < 4.78 is 15.2. The fraction of sp³-hybridized carbons (Fsp3) is 0.286. The van der Waals surface area contributed by atoms with Crippen LogP contribution in [0.15, 0.2) is 29.2 Å². The second-order valence-electron chi connectivity index (χ2n) is 7.01. The number of terminal acetylenes is 1. The quantitative estimate of drug-likeness (QED) is 0.520. The number of hydrogen-bond donors (Lipinski definition) is 2. The highest BCUT2D eigenvalue weighted by Crippen LogP contribution is 2.21. The van der Waals surface area contributed by atoms with Crippen molar-refractivity contribution in [1.82, 2.24) is 14.9 Å². The molecule has 2 N–H and O–H groups in total. The molecule has 0 saturated carbocycles. The molecule has 2 aromatic rings. The molecule has 0 aliphatic carbocycles. The zero-order chi connectivity index (χ0) is 22.7. The molecule has 2 heterocycles. The van der Waals surface area contributed by atoms with Gasteiger partial charge in [0.1, 0.15) is 18.0 Å². The summed E-state index contributed by atoms with van der Waals surface area (Å²) in [5.41, 5.74) is -1.44. The normalized spacial score (nSPS) is 13.0. The van der Waals surface area contributed by atoms with Gasteiger partial charge >= 0.3 is 0 Å². The van der Waals surface area contributed by atoms with Crippen LogP contribution in [0.5, 0.6) is 5.75 Å². The average Bonchev–Trinajstić information content (AvgIpc) is 2.72. The first-order valence-electron chi connectivity index (χ1n) is 9.39. The van der Waals surface area contributed by atoms with E-state index < -0.39 is 28.8 Å². The molecule has 0 fully saturated rings. The van der Waals surface area contributed by atoms with Gasteiger partial charge < -0.3 is 15.3 Å². The number of fused-ring (bicyclic) bond motifs is 1. The van der Waals surface area contributed by atoms with Gasteiger partial charge in [-0.15, -0.1) is 12.3 Å². The van der Waals surface area contributed by atoms with Crippen molar-refractivity contribution in [2.45, 2.75) is 19.4 Å². The lowest BCUT2D eigenvalue weighted by atomic mass is 10.1. The van der Waals surface area contributed by atoms with Crippen LogP contribution in [0.4, 0.5) is 4.39 Å². The van der Waals surface area contributed by atoms with Crippen LogP contribution >= 0.6 is 11.6 Å². The van der Waals surface area contributed by atoms with E-state index in [1.165, 1.54) is 35.0 Å². The Hall–Kier alpha value is -3.51. The SMILES string of the molecule is C#CCCCN1CN(C)C(=O)c2c(O)c(=O)c(C(=O)NCc3ccc(Cl)cc3F)cn21. The third-order valence-electron chi connectivity index (χ3n) is 4.83. The summed E-state index contributed by atoms with van der Waals surface area (Å²) >= 11 is 5.72. The lowest BCUT2D eigenvalue weighted by Crippen LogP contribution is -2.53. The van der Waals surface area contributed by atoms with E-state index in [0.29, 0.717) is 19.4 Å². The number of pyridine rings is 1. The predicted octanol–water partition coefficient (Wildman–Crippen LogP) is 1.67. The van der Waals surface area contributed by atoms with E-state index in [1.54, 1.807) is 5.01 Å². The molecule has 162 valence electrons. The van der Waals surface area contributed by atoms with Gasteiger partial charge in [0.2, 0.25) is 5.43 Å². The van der Waals surface area contributed by atoms with E-state index >= 15 is 0 Å². The maximum absolute atomic E-state index is 13.9. The fourth-order valence-electron chi connectivity index (χ4n) is 3.21. The number of amides is 2. The lowest BCUT2D eigenvalue weighted by molar-refractivity contribution is 0.0731. The molecule has 2 amide bonds. The van der Waals surface area contributed by atoms with Crippen molar-refractivity contribution >= 4 is 23.4 Å². The van der Waals surface area contributed by atoms with Crippen LogP contribution < -0.4 is 15.8 Å². The molecule has 31 heavy (non-hydrogen) atoms. The topological polar surface area (TPSA) is 94.9 Å². The van der Waals surface area contributed by atoms with E-state index in [1.807, 2.05) is 0 Å². The van der Waals surface area contributed by atoms with E-state index in [4.69, 9.17) is 18.0 Å². The van der Waals surface area contributed by atoms with Gasteiger partial charge in [-0.3, -0.25) is 24.1 Å². The van der Waals surface area contributed by atoms with Crippen molar-refractivity contribution in [3.8, 4) is 18.1 Å². The zero-order valence-corrected chi connectivity index (χ0v) is 17.4. The first-order chi connectivity index (χ1) is 14.7. The van der Waals surface area contributed by atoms with Crippen molar-refractivity contribution in [2.24, 2.45) is 0 Å². The average molecular weight is 447 g/mol. The van der Waals surface area contributed by atoms with Crippen molar-refractivity contribution in [3.63, 3.8) is 0 Å². The second-order valence-corrected chi connectivity index (χ2v) is 7.45. The Morgan fingerprint density at radius 2 is 2.13 bits per heavy atom. The van der Waals surface area contributed by atoms with Crippen LogP contribution in [0.1, 0.15) is 39.3 Å². The number of aromatic hydroxyl groups is 1. The molecule has 1 aromatic carbocycles. The number of hydrogen-bond acceptors (Lipinski definition) is 5. The summed E-state index contributed by atoms with van der Waals surface area (Å²) in [5.74, 6) is -0.289. The highest BCUT2D eigenvalue weighted by molar-refractivity contribution is 6.30. The van der Waals surface area contributed by atoms with Gasteiger partial charge in [-0.1, -0.05) is 17.7 Å². The Bertz CT molecular complexity index is 1140. The number of nitrogens with zero attached hydrogens (tertiary/aromatic N) is 3. The van der Waals surface area contributed by atoms with Gasteiger partial charge in [0.15, 0.2) is 11.4 Å². The highest BCUT2D eigenvalue weighted by atomic mass is 35.5. The Kier molecular flexibility index (Phi) is 6.51. The van der Waals surface area contributed by atoms with E-state index in [0.717, 1.165) is 6.07 Å². The number of benzene rings is 1. The summed E-state index contributed by atoms with van der Waals surface area (Å²) in [4.78, 5) is 39.1. The molecule has 0 unspecified atom stereocenters. The van der Waals surface area contributed by atoms with Crippen LogP contribution in [0.3, 0.4) is 0 Å². The number of aromatic nitrogens is 1. The molecular formula is C21H20ClFN4O4. The number of halogens is 2. The second kappa shape index (κ2) is 9.10. The summed E-state index contributed by atoms with van der Waals surface area (Å²) in [6.07, 6.45) is 7.58. The monoisotopic (exact) mass is 446 g/mol. The summed E-state index contributed by atoms with van der Waals surface area (Å²) in [7, 11) is 1.53. The van der Waals surface area contributed by atoms with Gasteiger partial charge in [0.05, 0.1) is 0 Å². The maximum atomic E-state index is 13.9. The molecule has 0 atom stereocenters. The van der Waals surface area contributed by atoms with Crippen LogP contribution in [0.25, 0.3) is 0 Å². The minimum atomic E-state index is -0.993. The van der Waals surface area contributed by atoms with Gasteiger partial charge in [-0.25, -0.2) is 4.39 Å². The molecule has 0 spiro atoms. The van der Waals surface area contributed by atoms with Gasteiger partial charge in [-0.2, -0.15) is 0 Å². The van der Waals surface area contributed by atoms with Crippen LogP contribution in [-0.4, -0.2) is 46.8 Å². The molecular weight excluding hydrogens is 427 g/mol. The molecule has 1 aliphatic rings. The Balaban J connectivity index is 1.92. The first kappa shape index (κ1) is 22.2. The minimum Gasteiger partial charge on any atom is -0.502 e. The van der Waals surface area contributed by atoms with Crippen LogP contribution in [0.2, 0.25) is 5.02 Å². The summed E-state index contributed by atoms with van der Waals surface area (Å²) in [6.45, 7) is 0.404. The standard InChI is InChI=1S/C21H20ClFN4O4/c1-3-4-5-8-26-12-25(2)21(31)17-19(29)18(28)15(11-27(17)26)20(30)24-10-13-6-7-14(22)9-16(13)23/h1,6-7,9,11,29H,4-5,8,10,12H2,2H3,(H,24,30). The third kappa shape index (κ3) is 4.49. The number of carbonyl (C=O) groups excluding carboxylic acids is 2. The van der Waals surface area contributed by atoms with Crippen molar-refractivity contribution in [1.29, 1.82) is 0 Å². The van der Waals surface area contributed by atoms with Gasteiger partial charge in [0.25, 0.3) is 11.8 Å². The van der Waals surface area contributed by atoms with Crippen molar-refractivity contribution in [2.75, 3.05) is 25.3 Å². The Morgan fingerprint density at radius 1 is 1.39 bits per heavy atom. The minimum absolute atomic E-state index is 0.174. The largest absolute Gasteiger partial charge is 0.502 e. The number of carbonyl (C=O) groups is 2. The van der Waals surface area contributed by atoms with Crippen molar-refractivity contribution < 1.29 is 19.1 Å². The molecule has 1 aliphatic heterocycles. The number of nitrogens with one attached hydrogen (secondary N) is 1. The zero-order valence-electron chi connectivity index (χ0n) is 16.7. The van der Waals surface area contributed by atoms with E-state index in [-0.39, 0.29) is 35.1 Å². The summed E-state index contributed by atoms with van der Waals surface area (Å²) in [6, 6.07) is 4.00. The van der Waals surface area contributed by atoms with Crippen molar-refractivity contribution in [3.05, 3.63) is 62.3 Å². The molecule has 0 bridgehead atoms. The molecule has 8 nitrogen and oxygen atoms in total. The number of unbranched alkanes of at least 4 members (excludes halogenated alkanes) is 1. The maximum Gasteiger partial charge on any atom is 0.277 e. The molecule has 10 heteroatoms. The van der Waals surface area contributed by atoms with E-state index in [2.05, 4.69) is 11.2 Å². The van der Waals surface area contributed by atoms with Crippen LogP contribution in [0, 0.1) is 18.2 Å². The smallest absolute Gasteiger partial charge is 0.277 e. The Morgan fingerprint density at radius 3 is 2.81 bits per heavy atom. The van der Waals surface area contributed by atoms with Crippen LogP contribution in [-0.2, 0) is 6.54 Å². The molecule has 3 rings (SSSR count). The van der Waals surface area contributed by atoms with Gasteiger partial charge in [0, 0.05) is 43.3 Å². The first-order valence-corrected chi connectivity index (χ1v) is 9.77. The van der Waals surface area contributed by atoms with E-state index in [9.17, 15) is 23.9 Å². The third-order valence-corrected chi connectivity index (χ3v) is 5.07.